The lowest BCUT2D eigenvalue weighted by molar-refractivity contribution is 0.0511. The molecule has 5 rings (SSSR count). The van der Waals surface area contributed by atoms with Crippen LogP contribution in [0.2, 0.25) is 0 Å². The number of hydrogen-bond donors (Lipinski definition) is 1. The van der Waals surface area contributed by atoms with Gasteiger partial charge in [-0.2, -0.15) is 5.10 Å². The van der Waals surface area contributed by atoms with Gasteiger partial charge in [0.2, 0.25) is 0 Å². The predicted octanol–water partition coefficient (Wildman–Crippen LogP) is 3.45. The van der Waals surface area contributed by atoms with Gasteiger partial charge in [0.05, 0.1) is 35.0 Å². The fraction of sp³-hybridized carbons (Fsp3) is 0.400. The van der Waals surface area contributed by atoms with Crippen molar-refractivity contribution in [3.63, 3.8) is 0 Å². The largest absolute Gasteiger partial charge is 0.466 e. The minimum absolute atomic E-state index is 0.0906. The Labute approximate surface area is 208 Å². The van der Waals surface area contributed by atoms with Gasteiger partial charge in [0.25, 0.3) is 0 Å². The number of hydrogen-bond acceptors (Lipinski definition) is 8. The number of amides is 1. The van der Waals surface area contributed by atoms with E-state index in [1.807, 2.05) is 46.1 Å². The molecule has 1 saturated heterocycles. The van der Waals surface area contributed by atoms with Gasteiger partial charge in [-0.3, -0.25) is 9.58 Å². The first-order valence-electron chi connectivity index (χ1n) is 11.7. The highest BCUT2D eigenvalue weighted by Crippen LogP contribution is 2.37. The fourth-order valence-electron chi connectivity index (χ4n) is 5.03. The van der Waals surface area contributed by atoms with Crippen molar-refractivity contribution >= 4 is 33.7 Å². The van der Waals surface area contributed by atoms with Crippen molar-refractivity contribution < 1.29 is 19.4 Å². The monoisotopic (exact) mass is 491 g/mol. The Morgan fingerprint density at radius 3 is 2.58 bits per heavy atom. The van der Waals surface area contributed by atoms with E-state index in [-0.39, 0.29) is 18.9 Å². The van der Waals surface area contributed by atoms with Crippen molar-refractivity contribution in [3.8, 4) is 17.1 Å². The zero-order valence-corrected chi connectivity index (χ0v) is 21.0. The number of carbonyl (C=O) groups is 1. The van der Waals surface area contributed by atoms with E-state index < -0.39 is 6.09 Å². The van der Waals surface area contributed by atoms with E-state index >= 15 is 0 Å². The molecule has 4 heterocycles. The molecule has 1 N–H and O–H groups in total. The molecule has 1 aromatic carbocycles. The molecule has 0 spiro atoms. The third-order valence-corrected chi connectivity index (χ3v) is 6.58. The topological polar surface area (TPSA) is 119 Å². The van der Waals surface area contributed by atoms with Gasteiger partial charge in [0.1, 0.15) is 5.75 Å². The Kier molecular flexibility index (Phi) is 6.09. The molecule has 4 aromatic rings. The van der Waals surface area contributed by atoms with Crippen molar-refractivity contribution in [1.29, 1.82) is 0 Å². The van der Waals surface area contributed by atoms with E-state index in [2.05, 4.69) is 20.0 Å². The van der Waals surface area contributed by atoms with Crippen molar-refractivity contribution in [3.05, 3.63) is 36.3 Å². The number of benzene rings is 1. The molecular weight excluding hydrogens is 462 g/mol. The summed E-state index contributed by atoms with van der Waals surface area (Å²) in [6.07, 6.45) is 4.61. The first kappa shape index (κ1) is 23.7. The van der Waals surface area contributed by atoms with Gasteiger partial charge in [-0.25, -0.2) is 19.7 Å². The number of anilines is 1. The average molecular weight is 492 g/mol. The van der Waals surface area contributed by atoms with E-state index in [0.717, 1.165) is 33.1 Å². The third-order valence-electron chi connectivity index (χ3n) is 6.58. The molecule has 11 nitrogen and oxygen atoms in total. The molecule has 1 aliphatic rings. The zero-order valence-electron chi connectivity index (χ0n) is 21.0. The van der Waals surface area contributed by atoms with Crippen LogP contribution in [0.1, 0.15) is 19.4 Å². The zero-order chi connectivity index (χ0) is 25.6. The number of fused-ring (bicyclic) bond motifs is 2. The van der Waals surface area contributed by atoms with Crippen molar-refractivity contribution in [2.75, 3.05) is 31.9 Å². The molecule has 11 heteroatoms. The van der Waals surface area contributed by atoms with Gasteiger partial charge in [-0.15, -0.1) is 0 Å². The Balaban J connectivity index is 1.51. The maximum absolute atomic E-state index is 11.6. The van der Waals surface area contributed by atoms with Crippen LogP contribution in [0.15, 0.2) is 30.7 Å². The Hall–Kier alpha value is -3.99. The molecule has 1 fully saturated rings. The molecule has 188 valence electrons. The first-order chi connectivity index (χ1) is 17.3. The highest BCUT2D eigenvalue weighted by Gasteiger charge is 2.33. The normalized spacial score (nSPS) is 18.2. The van der Waals surface area contributed by atoms with E-state index in [4.69, 9.17) is 14.5 Å². The molecule has 3 aromatic heterocycles. The average Bonchev–Trinajstić information content (AvgIpc) is 3.22. The van der Waals surface area contributed by atoms with Gasteiger partial charge in [-0.05, 0) is 32.9 Å². The summed E-state index contributed by atoms with van der Waals surface area (Å²) in [7, 11) is 3.46. The summed E-state index contributed by atoms with van der Waals surface area (Å²) in [5.41, 5.74) is 3.96. The summed E-state index contributed by atoms with van der Waals surface area (Å²) in [6.45, 7) is 7.07. The van der Waals surface area contributed by atoms with E-state index in [0.29, 0.717) is 30.3 Å². The minimum Gasteiger partial charge on any atom is -0.466 e. The molecule has 0 saturated carbocycles. The first-order valence-corrected chi connectivity index (χ1v) is 11.7. The van der Waals surface area contributed by atoms with Crippen LogP contribution < -0.4 is 9.64 Å². The van der Waals surface area contributed by atoms with Crippen LogP contribution in [0.5, 0.6) is 5.75 Å². The number of ether oxygens (including phenoxy) is 2. The number of piperazine rings is 1. The number of aromatic nitrogens is 5. The lowest BCUT2D eigenvalue weighted by Gasteiger charge is -2.43. The predicted molar refractivity (Wildman–Crippen MR) is 135 cm³/mol. The number of rotatable bonds is 5. The molecule has 1 amide bonds. The molecule has 0 bridgehead atoms. The van der Waals surface area contributed by atoms with Gasteiger partial charge in [0, 0.05) is 56.0 Å². The van der Waals surface area contributed by atoms with Crippen LogP contribution in [-0.4, -0.2) is 79.9 Å². The Morgan fingerprint density at radius 1 is 1.14 bits per heavy atom. The maximum Gasteiger partial charge on any atom is 0.407 e. The lowest BCUT2D eigenvalue weighted by atomic mass is 10.0. The maximum atomic E-state index is 11.6. The van der Waals surface area contributed by atoms with Crippen molar-refractivity contribution in [1.82, 2.24) is 29.6 Å². The second kappa shape index (κ2) is 9.23. The summed E-state index contributed by atoms with van der Waals surface area (Å²) in [5, 5.41) is 15.8. The summed E-state index contributed by atoms with van der Waals surface area (Å²) < 4.78 is 12.8. The number of aryl methyl sites for hydroxylation is 2. The Morgan fingerprint density at radius 2 is 1.89 bits per heavy atom. The number of carboxylic acid groups (broad SMARTS) is 1. The number of nitrogens with zero attached hydrogens (tertiary/aromatic N) is 7. The molecule has 0 unspecified atom stereocenters. The smallest absolute Gasteiger partial charge is 0.407 e. The Bertz CT molecular complexity index is 1440. The van der Waals surface area contributed by atoms with Crippen LogP contribution in [-0.2, 0) is 11.8 Å². The second-order valence-electron chi connectivity index (χ2n) is 9.26. The van der Waals surface area contributed by atoms with E-state index in [1.54, 1.807) is 24.2 Å². The standard InChI is InChI=1S/C25H29N7O4/c1-14-10-31(11-15(2)32(14)25(33)34)19-6-17-8-26-24(28-23(17)27-9-19)20-7-18-12-30(4)29-21(18)16(3)22(20)36-13-35-5/h6-9,12,14-15H,10-11,13H2,1-5H3,(H,33,34)/t14-,15+. The summed E-state index contributed by atoms with van der Waals surface area (Å²) in [4.78, 5) is 29.3. The highest BCUT2D eigenvalue weighted by atomic mass is 16.7. The second-order valence-corrected chi connectivity index (χ2v) is 9.26. The quantitative estimate of drug-likeness (QED) is 0.419. The van der Waals surface area contributed by atoms with Crippen LogP contribution in [0, 0.1) is 6.92 Å². The van der Waals surface area contributed by atoms with Gasteiger partial charge in [-0.1, -0.05) is 0 Å². The lowest BCUT2D eigenvalue weighted by Crippen LogP contribution is -2.58. The molecule has 36 heavy (non-hydrogen) atoms. The van der Waals surface area contributed by atoms with Crippen LogP contribution in [0.3, 0.4) is 0 Å². The van der Waals surface area contributed by atoms with Crippen LogP contribution in [0.25, 0.3) is 33.3 Å². The molecule has 0 radical (unpaired) electrons. The summed E-state index contributed by atoms with van der Waals surface area (Å²) in [6, 6.07) is 3.72. The molecule has 2 atom stereocenters. The number of methoxy groups -OCH3 is 1. The summed E-state index contributed by atoms with van der Waals surface area (Å²) >= 11 is 0. The fourth-order valence-corrected chi connectivity index (χ4v) is 5.03. The third kappa shape index (κ3) is 4.15. The number of pyridine rings is 1. The molecular formula is C25H29N7O4. The van der Waals surface area contributed by atoms with E-state index in [9.17, 15) is 9.90 Å². The van der Waals surface area contributed by atoms with Crippen molar-refractivity contribution in [2.45, 2.75) is 32.9 Å². The van der Waals surface area contributed by atoms with Gasteiger partial charge in [0.15, 0.2) is 18.3 Å². The molecule has 1 aliphatic heterocycles. The van der Waals surface area contributed by atoms with Gasteiger partial charge < -0.3 is 19.5 Å². The van der Waals surface area contributed by atoms with Crippen LogP contribution >= 0.6 is 0 Å². The van der Waals surface area contributed by atoms with Gasteiger partial charge >= 0.3 is 6.09 Å². The SMILES string of the molecule is COCOc1c(-c2ncc3cc(N4C[C@@H](C)N(C(=O)O)[C@@H](C)C4)cnc3n2)cc2cn(C)nc2c1C. The highest BCUT2D eigenvalue weighted by molar-refractivity contribution is 5.91. The summed E-state index contributed by atoms with van der Waals surface area (Å²) in [5.74, 6) is 1.12. The van der Waals surface area contributed by atoms with Crippen LogP contribution in [0.4, 0.5) is 10.5 Å². The van der Waals surface area contributed by atoms with Crippen molar-refractivity contribution in [2.24, 2.45) is 7.05 Å². The minimum atomic E-state index is -0.888. The van der Waals surface area contributed by atoms with E-state index in [1.165, 1.54) is 4.90 Å². The molecule has 0 aliphatic carbocycles.